The molecule has 2 heterocycles. The van der Waals surface area contributed by atoms with E-state index in [2.05, 4.69) is 24.1 Å². The van der Waals surface area contributed by atoms with Gasteiger partial charge >= 0.3 is 6.03 Å². The molecule has 2 fully saturated rings. The highest BCUT2D eigenvalue weighted by Gasteiger charge is 2.43. The lowest BCUT2D eigenvalue weighted by atomic mass is 9.93. The molecule has 2 aliphatic heterocycles. The molecule has 2 aliphatic rings. The molecule has 0 radical (unpaired) electrons. The zero-order chi connectivity index (χ0) is 15.8. The summed E-state index contributed by atoms with van der Waals surface area (Å²) in [5.74, 6) is 0.117. The maximum atomic E-state index is 12.2. The normalized spacial score (nSPS) is 25.7. The first-order valence-electron chi connectivity index (χ1n) is 7.78. The minimum Gasteiger partial charge on any atom is -0.339 e. The van der Waals surface area contributed by atoms with E-state index in [1.165, 1.54) is 0 Å². The highest BCUT2D eigenvalue weighted by atomic mass is 16.2. The van der Waals surface area contributed by atoms with Crippen LogP contribution in [0.2, 0.25) is 0 Å². The van der Waals surface area contributed by atoms with E-state index in [0.717, 1.165) is 19.6 Å². The van der Waals surface area contributed by atoms with Crippen LogP contribution in [0.4, 0.5) is 4.79 Å². The van der Waals surface area contributed by atoms with Crippen LogP contribution in [0, 0.1) is 0 Å². The van der Waals surface area contributed by atoms with E-state index in [-0.39, 0.29) is 29.6 Å². The first-order chi connectivity index (χ1) is 9.70. The number of nitrogens with zero attached hydrogens (tertiary/aromatic N) is 3. The first-order valence-corrected chi connectivity index (χ1v) is 7.78. The molecule has 3 amide bonds. The quantitative estimate of drug-likeness (QED) is 0.776. The van der Waals surface area contributed by atoms with Crippen molar-refractivity contribution in [2.24, 2.45) is 0 Å². The van der Waals surface area contributed by atoms with E-state index in [1.54, 1.807) is 6.92 Å². The van der Waals surface area contributed by atoms with Crippen LogP contribution >= 0.6 is 0 Å². The Bertz CT molecular complexity index is 422. The molecular weight excluding hydrogens is 268 g/mol. The van der Waals surface area contributed by atoms with Gasteiger partial charge in [0.1, 0.15) is 0 Å². The minimum atomic E-state index is -0.0325. The molecule has 1 N–H and O–H groups in total. The number of piperazine rings is 2. The predicted octanol–water partition coefficient (Wildman–Crippen LogP) is 0.731. The maximum absolute atomic E-state index is 12.2. The van der Waals surface area contributed by atoms with E-state index in [1.807, 2.05) is 23.6 Å². The minimum absolute atomic E-state index is 0.00223. The van der Waals surface area contributed by atoms with Gasteiger partial charge in [-0.25, -0.2) is 4.79 Å². The molecule has 6 heteroatoms. The van der Waals surface area contributed by atoms with E-state index >= 15 is 0 Å². The number of amides is 3. The fraction of sp³-hybridized carbons (Fsp3) is 0.867. The monoisotopic (exact) mass is 296 g/mol. The van der Waals surface area contributed by atoms with Crippen molar-refractivity contribution >= 4 is 11.9 Å². The average molecular weight is 296 g/mol. The van der Waals surface area contributed by atoms with Crippen molar-refractivity contribution in [3.8, 4) is 0 Å². The molecule has 1 unspecified atom stereocenters. The van der Waals surface area contributed by atoms with Crippen molar-refractivity contribution in [3.05, 3.63) is 0 Å². The molecule has 2 saturated heterocycles. The second-order valence-electron chi connectivity index (χ2n) is 7.11. The lowest BCUT2D eigenvalue weighted by molar-refractivity contribution is -0.138. The van der Waals surface area contributed by atoms with Gasteiger partial charge in [0.25, 0.3) is 0 Å². The molecule has 0 spiro atoms. The van der Waals surface area contributed by atoms with Crippen LogP contribution in [0.25, 0.3) is 0 Å². The number of hydrogen-bond acceptors (Lipinski definition) is 3. The van der Waals surface area contributed by atoms with Gasteiger partial charge in [0.15, 0.2) is 0 Å². The van der Waals surface area contributed by atoms with Gasteiger partial charge in [-0.2, -0.15) is 0 Å². The van der Waals surface area contributed by atoms with Gasteiger partial charge in [-0.05, 0) is 27.7 Å². The van der Waals surface area contributed by atoms with Crippen molar-refractivity contribution < 1.29 is 9.59 Å². The Kier molecular flexibility index (Phi) is 4.46. The summed E-state index contributed by atoms with van der Waals surface area (Å²) < 4.78 is 0. The van der Waals surface area contributed by atoms with Crippen molar-refractivity contribution in [3.63, 3.8) is 0 Å². The van der Waals surface area contributed by atoms with Crippen molar-refractivity contribution in [2.45, 2.75) is 52.2 Å². The summed E-state index contributed by atoms with van der Waals surface area (Å²) in [4.78, 5) is 30.1. The van der Waals surface area contributed by atoms with Crippen LogP contribution in [0.3, 0.4) is 0 Å². The predicted molar refractivity (Wildman–Crippen MR) is 82.1 cm³/mol. The molecular formula is C15H28N4O2. The van der Waals surface area contributed by atoms with Crippen LogP contribution in [-0.4, -0.2) is 77.0 Å². The molecule has 0 aliphatic carbocycles. The largest absolute Gasteiger partial charge is 0.339 e. The van der Waals surface area contributed by atoms with Gasteiger partial charge in [-0.15, -0.1) is 0 Å². The smallest absolute Gasteiger partial charge is 0.317 e. The fourth-order valence-electron chi connectivity index (χ4n) is 3.45. The van der Waals surface area contributed by atoms with Crippen LogP contribution in [0.15, 0.2) is 0 Å². The topological polar surface area (TPSA) is 55.9 Å². The number of nitrogens with one attached hydrogen (secondary N) is 1. The number of carbonyl (C=O) groups is 2. The van der Waals surface area contributed by atoms with Crippen molar-refractivity contribution in [1.29, 1.82) is 0 Å². The Morgan fingerprint density at radius 2 is 1.76 bits per heavy atom. The number of rotatable bonds is 1. The van der Waals surface area contributed by atoms with Gasteiger partial charge in [0.2, 0.25) is 5.91 Å². The van der Waals surface area contributed by atoms with Crippen LogP contribution in [0.5, 0.6) is 0 Å². The molecule has 6 nitrogen and oxygen atoms in total. The van der Waals surface area contributed by atoms with E-state index in [4.69, 9.17) is 0 Å². The Balaban J connectivity index is 2.07. The Morgan fingerprint density at radius 1 is 1.14 bits per heavy atom. The van der Waals surface area contributed by atoms with Gasteiger partial charge in [-0.1, -0.05) is 0 Å². The fourth-order valence-corrected chi connectivity index (χ4v) is 3.45. The molecule has 0 aromatic carbocycles. The van der Waals surface area contributed by atoms with Gasteiger partial charge < -0.3 is 15.1 Å². The van der Waals surface area contributed by atoms with E-state index in [0.29, 0.717) is 13.1 Å². The number of hydrogen-bond donors (Lipinski definition) is 1. The molecule has 1 atom stereocenters. The van der Waals surface area contributed by atoms with Gasteiger partial charge in [0, 0.05) is 57.3 Å². The Labute approximate surface area is 127 Å². The molecule has 120 valence electrons. The summed E-state index contributed by atoms with van der Waals surface area (Å²) in [7, 11) is 0. The second kappa shape index (κ2) is 5.83. The number of carbonyl (C=O) groups excluding carboxylic acids is 2. The maximum Gasteiger partial charge on any atom is 0.317 e. The highest BCUT2D eigenvalue weighted by molar-refractivity contribution is 5.75. The highest BCUT2D eigenvalue weighted by Crippen LogP contribution is 2.28. The molecule has 0 aromatic heterocycles. The van der Waals surface area contributed by atoms with Gasteiger partial charge in [-0.3, -0.25) is 9.69 Å². The Hall–Kier alpha value is -1.30. The second-order valence-corrected chi connectivity index (χ2v) is 7.11. The zero-order valence-corrected chi connectivity index (χ0v) is 13.8. The summed E-state index contributed by atoms with van der Waals surface area (Å²) >= 11 is 0. The number of urea groups is 1. The third-order valence-electron chi connectivity index (χ3n) is 4.41. The van der Waals surface area contributed by atoms with Crippen LogP contribution < -0.4 is 5.32 Å². The zero-order valence-electron chi connectivity index (χ0n) is 13.8. The summed E-state index contributed by atoms with van der Waals surface area (Å²) in [6.45, 7) is 13.7. The average Bonchev–Trinajstić information content (AvgIpc) is 2.36. The van der Waals surface area contributed by atoms with Gasteiger partial charge in [0.05, 0.1) is 0 Å². The van der Waals surface area contributed by atoms with Crippen LogP contribution in [0.1, 0.15) is 34.6 Å². The number of fused-ring (bicyclic) bond motifs is 1. The first kappa shape index (κ1) is 16.1. The lowest BCUT2D eigenvalue weighted by Crippen LogP contribution is -2.71. The summed E-state index contributed by atoms with van der Waals surface area (Å²) in [6.07, 6.45) is 0. The third kappa shape index (κ3) is 3.48. The molecule has 2 rings (SSSR count). The molecule has 0 saturated carbocycles. The summed E-state index contributed by atoms with van der Waals surface area (Å²) in [5.41, 5.74) is -0.0325. The molecule has 0 aromatic rings. The van der Waals surface area contributed by atoms with Crippen molar-refractivity contribution in [2.75, 3.05) is 32.7 Å². The molecule has 0 bridgehead atoms. The van der Waals surface area contributed by atoms with E-state index < -0.39 is 0 Å². The standard InChI is InChI=1S/C15H28N4O2/c1-11(2)16-14(21)17-6-7-19-13(8-17)9-18(12(3)20)10-15(19,4)5/h11,13H,6-10H2,1-5H3,(H,16,21). The SMILES string of the molecule is CC(=O)N1CC2CN(C(=O)NC(C)C)CCN2C(C)(C)C1. The molecule has 21 heavy (non-hydrogen) atoms. The summed E-state index contributed by atoms with van der Waals surface area (Å²) in [6, 6.07) is 0.374. The lowest BCUT2D eigenvalue weighted by Gasteiger charge is -2.55. The Morgan fingerprint density at radius 3 is 2.33 bits per heavy atom. The third-order valence-corrected chi connectivity index (χ3v) is 4.41. The van der Waals surface area contributed by atoms with E-state index in [9.17, 15) is 9.59 Å². The summed E-state index contributed by atoms with van der Waals surface area (Å²) in [5, 5.41) is 2.95. The van der Waals surface area contributed by atoms with Crippen molar-refractivity contribution in [1.82, 2.24) is 20.0 Å². The van der Waals surface area contributed by atoms with Crippen LogP contribution in [-0.2, 0) is 4.79 Å².